The van der Waals surface area contributed by atoms with Crippen LogP contribution < -0.4 is 0 Å². The molecule has 16 heavy (non-hydrogen) atoms. The van der Waals surface area contributed by atoms with Gasteiger partial charge in [0.25, 0.3) is 0 Å². The number of aromatic nitrogens is 4. The Morgan fingerprint density at radius 2 is 2.19 bits per heavy atom. The zero-order chi connectivity index (χ0) is 11.7. The second kappa shape index (κ2) is 4.21. The summed E-state index contributed by atoms with van der Waals surface area (Å²) in [6.45, 7) is 2.60. The van der Waals surface area contributed by atoms with Crippen LogP contribution in [0, 0.1) is 0 Å². The van der Waals surface area contributed by atoms with Crippen LogP contribution in [0.2, 0.25) is 0 Å². The third kappa shape index (κ3) is 1.80. The van der Waals surface area contributed by atoms with Gasteiger partial charge < -0.3 is 0 Å². The average molecular weight is 283 g/mol. The molecule has 0 aliphatic heterocycles. The molecular weight excluding hydrogens is 272 g/mol. The predicted octanol–water partition coefficient (Wildman–Crippen LogP) is 1.63. The fourth-order valence-electron chi connectivity index (χ4n) is 1.50. The van der Waals surface area contributed by atoms with Crippen LogP contribution >= 0.6 is 15.9 Å². The van der Waals surface area contributed by atoms with E-state index in [1.54, 1.807) is 35.0 Å². The second-order valence-electron chi connectivity index (χ2n) is 3.39. The molecule has 0 aliphatic carbocycles. The third-order valence-corrected chi connectivity index (χ3v) is 2.86. The molecule has 0 aromatic carbocycles. The van der Waals surface area contributed by atoms with E-state index in [0.717, 1.165) is 0 Å². The lowest BCUT2D eigenvalue weighted by Gasteiger charge is -2.02. The van der Waals surface area contributed by atoms with Crippen LogP contribution in [0.1, 0.15) is 23.0 Å². The first-order valence-corrected chi connectivity index (χ1v) is 5.67. The predicted molar refractivity (Wildman–Crippen MR) is 62.2 cm³/mol. The van der Waals surface area contributed by atoms with Gasteiger partial charge in [-0.3, -0.25) is 14.2 Å². The first-order chi connectivity index (χ1) is 7.63. The van der Waals surface area contributed by atoms with Crippen LogP contribution in [0.4, 0.5) is 0 Å². The van der Waals surface area contributed by atoms with E-state index in [0.29, 0.717) is 22.3 Å². The van der Waals surface area contributed by atoms with Gasteiger partial charge in [-0.25, -0.2) is 0 Å². The van der Waals surface area contributed by atoms with Crippen molar-refractivity contribution in [1.29, 1.82) is 0 Å². The van der Waals surface area contributed by atoms with E-state index in [-0.39, 0.29) is 5.78 Å². The monoisotopic (exact) mass is 282 g/mol. The summed E-state index contributed by atoms with van der Waals surface area (Å²) >= 11 is 3.33. The molecule has 2 aromatic rings. The van der Waals surface area contributed by atoms with E-state index in [1.807, 2.05) is 6.92 Å². The van der Waals surface area contributed by atoms with Crippen molar-refractivity contribution in [2.24, 2.45) is 7.05 Å². The summed E-state index contributed by atoms with van der Waals surface area (Å²) in [4.78, 5) is 12.2. The number of hydrogen-bond donors (Lipinski definition) is 0. The van der Waals surface area contributed by atoms with Crippen molar-refractivity contribution in [2.75, 3.05) is 0 Å². The van der Waals surface area contributed by atoms with Gasteiger partial charge in [0, 0.05) is 19.8 Å². The highest BCUT2D eigenvalue weighted by Gasteiger charge is 2.19. The van der Waals surface area contributed by atoms with Gasteiger partial charge in [0.2, 0.25) is 5.78 Å². The normalized spacial score (nSPS) is 10.7. The van der Waals surface area contributed by atoms with Crippen molar-refractivity contribution < 1.29 is 4.79 Å². The lowest BCUT2D eigenvalue weighted by molar-refractivity contribution is 0.102. The number of ketones is 1. The number of carbonyl (C=O) groups is 1. The summed E-state index contributed by atoms with van der Waals surface area (Å²) in [6.07, 6.45) is 4.89. The topological polar surface area (TPSA) is 52.7 Å². The van der Waals surface area contributed by atoms with Gasteiger partial charge in [0.1, 0.15) is 5.69 Å². The summed E-state index contributed by atoms with van der Waals surface area (Å²) < 4.78 is 3.98. The minimum absolute atomic E-state index is 0.0701. The molecule has 0 aliphatic rings. The molecule has 84 valence electrons. The quantitative estimate of drug-likeness (QED) is 0.804. The second-order valence-corrected chi connectivity index (χ2v) is 4.24. The molecule has 2 heterocycles. The fourth-order valence-corrected chi connectivity index (χ4v) is 1.98. The Balaban J connectivity index is 2.44. The molecule has 2 rings (SSSR count). The maximum Gasteiger partial charge on any atom is 0.215 e. The molecule has 0 N–H and O–H groups in total. The lowest BCUT2D eigenvalue weighted by Crippen LogP contribution is -2.10. The standard InChI is InChI=1S/C10H11BrN4O/c1-3-15-9(8(11)5-13-15)10(16)7-4-12-14(2)6-7/h4-6H,3H2,1-2H3. The highest BCUT2D eigenvalue weighted by atomic mass is 79.9. The number of rotatable bonds is 3. The van der Waals surface area contributed by atoms with E-state index < -0.39 is 0 Å². The summed E-state index contributed by atoms with van der Waals surface area (Å²) in [7, 11) is 1.78. The van der Waals surface area contributed by atoms with Crippen LogP contribution in [-0.2, 0) is 13.6 Å². The van der Waals surface area contributed by atoms with E-state index in [1.165, 1.54) is 0 Å². The summed E-state index contributed by atoms with van der Waals surface area (Å²) in [5.41, 5.74) is 1.13. The van der Waals surface area contributed by atoms with Crippen molar-refractivity contribution in [2.45, 2.75) is 13.5 Å². The van der Waals surface area contributed by atoms with Gasteiger partial charge in [-0.2, -0.15) is 10.2 Å². The molecule has 2 aromatic heterocycles. The number of aryl methyl sites for hydroxylation is 2. The largest absolute Gasteiger partial charge is 0.287 e. The highest BCUT2D eigenvalue weighted by molar-refractivity contribution is 9.10. The molecular formula is C10H11BrN4O. The van der Waals surface area contributed by atoms with Gasteiger partial charge >= 0.3 is 0 Å². The number of nitrogens with zero attached hydrogens (tertiary/aromatic N) is 4. The van der Waals surface area contributed by atoms with E-state index in [4.69, 9.17) is 0 Å². The lowest BCUT2D eigenvalue weighted by atomic mass is 10.2. The third-order valence-electron chi connectivity index (χ3n) is 2.28. The van der Waals surface area contributed by atoms with Gasteiger partial charge in [-0.05, 0) is 22.9 Å². The molecule has 0 atom stereocenters. The Bertz CT molecular complexity index is 529. The maximum absolute atomic E-state index is 12.2. The Hall–Kier alpha value is -1.43. The van der Waals surface area contributed by atoms with Crippen LogP contribution in [0.15, 0.2) is 23.1 Å². The average Bonchev–Trinajstić information content (AvgIpc) is 2.83. The summed E-state index contributed by atoms with van der Waals surface area (Å²) in [5, 5.41) is 8.09. The Labute approximate surface area is 101 Å². The molecule has 0 amide bonds. The van der Waals surface area contributed by atoms with Crippen LogP contribution in [0.5, 0.6) is 0 Å². The van der Waals surface area contributed by atoms with E-state index in [2.05, 4.69) is 26.1 Å². The van der Waals surface area contributed by atoms with Crippen molar-refractivity contribution in [3.8, 4) is 0 Å². The van der Waals surface area contributed by atoms with E-state index >= 15 is 0 Å². The van der Waals surface area contributed by atoms with Crippen LogP contribution in [0.25, 0.3) is 0 Å². The number of halogens is 1. The SMILES string of the molecule is CCn1ncc(Br)c1C(=O)c1cnn(C)c1. The van der Waals surface area contributed by atoms with Gasteiger partial charge in [-0.1, -0.05) is 0 Å². The molecule has 6 heteroatoms. The number of carbonyl (C=O) groups excluding carboxylic acids is 1. The summed E-state index contributed by atoms with van der Waals surface area (Å²) in [6, 6.07) is 0. The first kappa shape index (κ1) is 11.1. The smallest absolute Gasteiger partial charge is 0.215 e. The van der Waals surface area contributed by atoms with Crippen LogP contribution in [0.3, 0.4) is 0 Å². The summed E-state index contributed by atoms with van der Waals surface area (Å²) in [5.74, 6) is -0.0701. The molecule has 0 radical (unpaired) electrons. The van der Waals surface area contributed by atoms with Crippen molar-refractivity contribution >= 4 is 21.7 Å². The minimum atomic E-state index is -0.0701. The molecule has 5 nitrogen and oxygen atoms in total. The molecule has 0 fully saturated rings. The zero-order valence-corrected chi connectivity index (χ0v) is 10.6. The Morgan fingerprint density at radius 1 is 1.44 bits per heavy atom. The molecule has 0 spiro atoms. The van der Waals surface area contributed by atoms with Crippen molar-refractivity contribution in [1.82, 2.24) is 19.6 Å². The molecule has 0 saturated heterocycles. The maximum atomic E-state index is 12.2. The van der Waals surface area contributed by atoms with Crippen molar-refractivity contribution in [3.05, 3.63) is 34.3 Å². The van der Waals surface area contributed by atoms with E-state index in [9.17, 15) is 4.79 Å². The van der Waals surface area contributed by atoms with Gasteiger partial charge in [0.15, 0.2) is 0 Å². The van der Waals surface area contributed by atoms with Crippen molar-refractivity contribution in [3.63, 3.8) is 0 Å². The first-order valence-electron chi connectivity index (χ1n) is 4.88. The Kier molecular flexibility index (Phi) is 2.91. The molecule has 0 bridgehead atoms. The zero-order valence-electron chi connectivity index (χ0n) is 9.01. The van der Waals surface area contributed by atoms with Gasteiger partial charge in [0.05, 0.1) is 22.4 Å². The van der Waals surface area contributed by atoms with Gasteiger partial charge in [-0.15, -0.1) is 0 Å². The number of hydrogen-bond acceptors (Lipinski definition) is 3. The van der Waals surface area contributed by atoms with Crippen LogP contribution in [-0.4, -0.2) is 25.3 Å². The molecule has 0 saturated carbocycles. The highest BCUT2D eigenvalue weighted by Crippen LogP contribution is 2.19. The Morgan fingerprint density at radius 3 is 2.75 bits per heavy atom. The minimum Gasteiger partial charge on any atom is -0.287 e. The molecule has 0 unspecified atom stereocenters. The fraction of sp³-hybridized carbons (Fsp3) is 0.300.